The number of aromatic hydroxyl groups is 1. The van der Waals surface area contributed by atoms with E-state index in [0.717, 1.165) is 11.3 Å². The number of aryl methyl sites for hydroxylation is 1. The number of carbonyl (C=O) groups excluding carboxylic acids is 1. The summed E-state index contributed by atoms with van der Waals surface area (Å²) in [5.41, 5.74) is 1.18. The molecule has 0 bridgehead atoms. The van der Waals surface area contributed by atoms with Gasteiger partial charge < -0.3 is 19.9 Å². The van der Waals surface area contributed by atoms with Gasteiger partial charge in [-0.3, -0.25) is 4.79 Å². The second-order valence-corrected chi connectivity index (χ2v) is 4.80. The first-order valence-electron chi connectivity index (χ1n) is 6.95. The average molecular weight is 301 g/mol. The number of nitrogens with one attached hydrogen (secondary N) is 1. The van der Waals surface area contributed by atoms with Gasteiger partial charge in [-0.2, -0.15) is 0 Å². The molecule has 2 aromatic rings. The average Bonchev–Trinajstić information content (AvgIpc) is 2.54. The Labute approximate surface area is 129 Å². The van der Waals surface area contributed by atoms with Crippen molar-refractivity contribution < 1.29 is 19.4 Å². The Morgan fingerprint density at radius 3 is 2.50 bits per heavy atom. The Balaban J connectivity index is 1.80. The van der Waals surface area contributed by atoms with Crippen LogP contribution in [0.3, 0.4) is 0 Å². The highest BCUT2D eigenvalue weighted by Crippen LogP contribution is 2.18. The fraction of sp³-hybridized carbons (Fsp3) is 0.235. The quantitative estimate of drug-likeness (QED) is 0.805. The maximum absolute atomic E-state index is 12.0. The maximum Gasteiger partial charge on any atom is 0.255 e. The molecule has 0 unspecified atom stereocenters. The van der Waals surface area contributed by atoms with Gasteiger partial charge >= 0.3 is 0 Å². The summed E-state index contributed by atoms with van der Waals surface area (Å²) in [6.07, 6.45) is 0. The molecule has 0 saturated heterocycles. The number of hydrogen-bond acceptors (Lipinski definition) is 4. The number of benzene rings is 2. The summed E-state index contributed by atoms with van der Waals surface area (Å²) < 4.78 is 10.6. The van der Waals surface area contributed by atoms with Crippen LogP contribution in [0.5, 0.6) is 17.2 Å². The van der Waals surface area contributed by atoms with Crippen molar-refractivity contribution in [3.05, 3.63) is 53.6 Å². The van der Waals surface area contributed by atoms with Crippen molar-refractivity contribution in [2.24, 2.45) is 0 Å². The highest BCUT2D eigenvalue weighted by Gasteiger charge is 2.10. The predicted molar refractivity (Wildman–Crippen MR) is 83.7 cm³/mol. The predicted octanol–water partition coefficient (Wildman–Crippen LogP) is 2.52. The summed E-state index contributed by atoms with van der Waals surface area (Å²) >= 11 is 0. The smallest absolute Gasteiger partial charge is 0.255 e. The zero-order valence-corrected chi connectivity index (χ0v) is 12.6. The minimum atomic E-state index is -0.320. The van der Waals surface area contributed by atoms with Crippen LogP contribution >= 0.6 is 0 Å². The van der Waals surface area contributed by atoms with Gasteiger partial charge in [-0.05, 0) is 43.3 Å². The van der Waals surface area contributed by atoms with E-state index in [-0.39, 0.29) is 17.2 Å². The van der Waals surface area contributed by atoms with E-state index < -0.39 is 0 Å². The molecule has 2 rings (SSSR count). The molecule has 2 aromatic carbocycles. The molecular formula is C17H19NO4. The molecule has 0 aromatic heterocycles. The summed E-state index contributed by atoms with van der Waals surface area (Å²) in [4.78, 5) is 12.0. The summed E-state index contributed by atoms with van der Waals surface area (Å²) in [6, 6.07) is 12.1. The molecule has 116 valence electrons. The van der Waals surface area contributed by atoms with E-state index >= 15 is 0 Å². The van der Waals surface area contributed by atoms with E-state index in [9.17, 15) is 9.90 Å². The third-order valence-electron chi connectivity index (χ3n) is 3.11. The lowest BCUT2D eigenvalue weighted by molar-refractivity contribution is 0.0944. The molecule has 0 fully saturated rings. The lowest BCUT2D eigenvalue weighted by Crippen LogP contribution is -2.28. The summed E-state index contributed by atoms with van der Waals surface area (Å²) in [5, 5.41) is 12.4. The van der Waals surface area contributed by atoms with Crippen molar-refractivity contribution in [3.63, 3.8) is 0 Å². The van der Waals surface area contributed by atoms with Crippen molar-refractivity contribution in [1.82, 2.24) is 5.32 Å². The molecule has 5 heteroatoms. The molecule has 1 amide bonds. The van der Waals surface area contributed by atoms with Gasteiger partial charge in [-0.1, -0.05) is 11.6 Å². The molecule has 0 aliphatic carbocycles. The molecule has 0 atom stereocenters. The number of methoxy groups -OCH3 is 1. The highest BCUT2D eigenvalue weighted by atomic mass is 16.5. The Morgan fingerprint density at radius 2 is 1.82 bits per heavy atom. The van der Waals surface area contributed by atoms with Crippen LogP contribution in [0.4, 0.5) is 0 Å². The number of amides is 1. The number of carbonyl (C=O) groups is 1. The minimum Gasteiger partial charge on any atom is -0.507 e. The molecular weight excluding hydrogens is 282 g/mol. The third kappa shape index (κ3) is 4.15. The molecule has 22 heavy (non-hydrogen) atoms. The van der Waals surface area contributed by atoms with Gasteiger partial charge in [0.15, 0.2) is 0 Å². The first kappa shape index (κ1) is 15.7. The number of rotatable bonds is 6. The molecule has 0 aliphatic heterocycles. The molecule has 0 heterocycles. The number of phenolic OH excluding ortho intramolecular Hbond substituents is 1. The second-order valence-electron chi connectivity index (χ2n) is 4.80. The van der Waals surface area contributed by atoms with Gasteiger partial charge in [0.25, 0.3) is 5.91 Å². The second kappa shape index (κ2) is 7.36. The molecule has 5 nitrogen and oxygen atoms in total. The van der Waals surface area contributed by atoms with Crippen LogP contribution in [0.1, 0.15) is 15.9 Å². The molecule has 0 saturated carbocycles. The minimum absolute atomic E-state index is 0.0285. The lowest BCUT2D eigenvalue weighted by atomic mass is 10.1. The lowest BCUT2D eigenvalue weighted by Gasteiger charge is -2.09. The zero-order chi connectivity index (χ0) is 15.9. The topological polar surface area (TPSA) is 67.8 Å². The van der Waals surface area contributed by atoms with Crippen molar-refractivity contribution in [2.75, 3.05) is 20.3 Å². The van der Waals surface area contributed by atoms with Crippen molar-refractivity contribution in [2.45, 2.75) is 6.92 Å². The van der Waals surface area contributed by atoms with Gasteiger partial charge in [-0.25, -0.2) is 0 Å². The normalized spacial score (nSPS) is 10.1. The first-order valence-corrected chi connectivity index (χ1v) is 6.95. The van der Waals surface area contributed by atoms with Crippen LogP contribution < -0.4 is 14.8 Å². The van der Waals surface area contributed by atoms with Crippen LogP contribution in [0.25, 0.3) is 0 Å². The Bertz CT molecular complexity index is 638. The zero-order valence-electron chi connectivity index (χ0n) is 12.6. The van der Waals surface area contributed by atoms with Crippen LogP contribution in [0.15, 0.2) is 42.5 Å². The monoisotopic (exact) mass is 301 g/mol. The fourth-order valence-corrected chi connectivity index (χ4v) is 1.93. The number of phenols is 1. The van der Waals surface area contributed by atoms with Gasteiger partial charge in [-0.15, -0.1) is 0 Å². The Morgan fingerprint density at radius 1 is 1.14 bits per heavy atom. The van der Waals surface area contributed by atoms with E-state index in [0.29, 0.717) is 18.9 Å². The summed E-state index contributed by atoms with van der Waals surface area (Å²) in [6.45, 7) is 2.55. The first-order chi connectivity index (χ1) is 10.6. The van der Waals surface area contributed by atoms with Crippen molar-refractivity contribution in [3.8, 4) is 17.2 Å². The summed E-state index contributed by atoms with van der Waals surface area (Å²) in [7, 11) is 1.60. The third-order valence-corrected chi connectivity index (χ3v) is 3.11. The van der Waals surface area contributed by atoms with Crippen LogP contribution in [0, 0.1) is 6.92 Å². The van der Waals surface area contributed by atoms with Crippen LogP contribution in [-0.2, 0) is 0 Å². The summed E-state index contributed by atoms with van der Waals surface area (Å²) in [5.74, 6) is 1.11. The Hall–Kier alpha value is -2.69. The largest absolute Gasteiger partial charge is 0.507 e. The van der Waals surface area contributed by atoms with Gasteiger partial charge in [0.1, 0.15) is 23.9 Å². The SMILES string of the molecule is COc1ccc(OCCNC(=O)c2cc(C)ccc2O)cc1. The van der Waals surface area contributed by atoms with E-state index in [4.69, 9.17) is 9.47 Å². The van der Waals surface area contributed by atoms with E-state index in [1.165, 1.54) is 6.07 Å². The number of hydrogen-bond donors (Lipinski definition) is 2. The van der Waals surface area contributed by atoms with Crippen LogP contribution in [0.2, 0.25) is 0 Å². The van der Waals surface area contributed by atoms with Crippen molar-refractivity contribution in [1.29, 1.82) is 0 Å². The maximum atomic E-state index is 12.0. The Kier molecular flexibility index (Phi) is 5.25. The molecule has 0 radical (unpaired) electrons. The number of ether oxygens (including phenoxy) is 2. The van der Waals surface area contributed by atoms with E-state index in [1.54, 1.807) is 43.5 Å². The van der Waals surface area contributed by atoms with Crippen molar-refractivity contribution >= 4 is 5.91 Å². The molecule has 2 N–H and O–H groups in total. The van der Waals surface area contributed by atoms with Gasteiger partial charge in [0, 0.05) is 0 Å². The highest BCUT2D eigenvalue weighted by molar-refractivity contribution is 5.96. The fourth-order valence-electron chi connectivity index (χ4n) is 1.93. The van der Waals surface area contributed by atoms with E-state index in [1.807, 2.05) is 6.92 Å². The van der Waals surface area contributed by atoms with E-state index in [2.05, 4.69) is 5.32 Å². The van der Waals surface area contributed by atoms with Gasteiger partial charge in [0.2, 0.25) is 0 Å². The van der Waals surface area contributed by atoms with Crippen LogP contribution in [-0.4, -0.2) is 31.3 Å². The van der Waals surface area contributed by atoms with Gasteiger partial charge in [0.05, 0.1) is 19.2 Å². The molecule has 0 spiro atoms. The molecule has 0 aliphatic rings. The standard InChI is InChI=1S/C17H19NO4/c1-12-3-8-16(19)15(11-12)17(20)18-9-10-22-14-6-4-13(21-2)5-7-14/h3-8,11,19H,9-10H2,1-2H3,(H,18,20).